The molecule has 0 bridgehead atoms. The second kappa shape index (κ2) is 5.80. The van der Waals surface area contributed by atoms with Gasteiger partial charge in [0.1, 0.15) is 0 Å². The van der Waals surface area contributed by atoms with Crippen LogP contribution in [0.15, 0.2) is 5.38 Å². The average Bonchev–Trinajstić information content (AvgIpc) is 2.73. The van der Waals surface area contributed by atoms with Crippen molar-refractivity contribution in [3.05, 3.63) is 16.1 Å². The third-order valence-electron chi connectivity index (χ3n) is 3.36. The molecule has 1 N–H and O–H groups in total. The summed E-state index contributed by atoms with van der Waals surface area (Å²) >= 11 is 1.45. The van der Waals surface area contributed by atoms with Gasteiger partial charge in [0.05, 0.1) is 5.01 Å². The lowest BCUT2D eigenvalue weighted by atomic mass is 9.92. The summed E-state index contributed by atoms with van der Waals surface area (Å²) in [5.41, 5.74) is 0.176. The molecule has 0 aliphatic carbocycles. The van der Waals surface area contributed by atoms with Crippen molar-refractivity contribution in [1.82, 2.24) is 9.88 Å². The SMILES string of the molecule is CC1CC(C)CN(CCc2nc(C(=O)O)cs2)C1. The normalized spacial score (nSPS) is 25.2. The maximum Gasteiger partial charge on any atom is 0.355 e. The van der Waals surface area contributed by atoms with Crippen molar-refractivity contribution >= 4 is 17.3 Å². The van der Waals surface area contributed by atoms with Gasteiger partial charge in [-0.05, 0) is 18.3 Å². The summed E-state index contributed by atoms with van der Waals surface area (Å²) < 4.78 is 0. The average molecular weight is 268 g/mol. The van der Waals surface area contributed by atoms with Crippen LogP contribution in [0.1, 0.15) is 35.8 Å². The van der Waals surface area contributed by atoms with Gasteiger partial charge in [0.2, 0.25) is 0 Å². The molecule has 1 saturated heterocycles. The molecule has 2 rings (SSSR count). The number of thiazole rings is 1. The number of nitrogens with zero attached hydrogens (tertiary/aromatic N) is 2. The second-order valence-corrected chi connectivity index (χ2v) is 6.33. The number of carboxylic acid groups (broad SMARTS) is 1. The Morgan fingerprint density at radius 2 is 2.17 bits per heavy atom. The third-order valence-corrected chi connectivity index (χ3v) is 4.27. The predicted molar refractivity (Wildman–Crippen MR) is 72.2 cm³/mol. The number of hydrogen-bond acceptors (Lipinski definition) is 4. The van der Waals surface area contributed by atoms with Crippen molar-refractivity contribution < 1.29 is 9.90 Å². The number of carboxylic acids is 1. The van der Waals surface area contributed by atoms with Crippen molar-refractivity contribution in [1.29, 1.82) is 0 Å². The van der Waals surface area contributed by atoms with Crippen LogP contribution in [-0.4, -0.2) is 40.6 Å². The van der Waals surface area contributed by atoms with E-state index in [1.807, 2.05) is 0 Å². The minimum atomic E-state index is -0.933. The molecule has 18 heavy (non-hydrogen) atoms. The van der Waals surface area contributed by atoms with E-state index in [-0.39, 0.29) is 5.69 Å². The summed E-state index contributed by atoms with van der Waals surface area (Å²) in [5, 5.41) is 11.4. The minimum absolute atomic E-state index is 0.176. The zero-order valence-corrected chi connectivity index (χ0v) is 11.7. The van der Waals surface area contributed by atoms with Crippen LogP contribution < -0.4 is 0 Å². The van der Waals surface area contributed by atoms with Gasteiger partial charge in [0.25, 0.3) is 0 Å². The number of aromatic nitrogens is 1. The standard InChI is InChI=1S/C13H20N2O2S/c1-9-5-10(2)7-15(6-9)4-3-12-14-11(8-18-12)13(16)17/h8-10H,3-7H2,1-2H3,(H,16,17). The lowest BCUT2D eigenvalue weighted by Gasteiger charge is -2.34. The molecule has 4 nitrogen and oxygen atoms in total. The molecule has 2 heterocycles. The summed E-state index contributed by atoms with van der Waals surface area (Å²) in [6.07, 6.45) is 2.17. The van der Waals surface area contributed by atoms with Gasteiger partial charge >= 0.3 is 5.97 Å². The van der Waals surface area contributed by atoms with E-state index in [0.29, 0.717) is 0 Å². The van der Waals surface area contributed by atoms with Crippen LogP contribution in [0.4, 0.5) is 0 Å². The maximum absolute atomic E-state index is 10.7. The van der Waals surface area contributed by atoms with Gasteiger partial charge < -0.3 is 10.0 Å². The zero-order chi connectivity index (χ0) is 13.1. The number of carbonyl (C=O) groups is 1. The maximum atomic E-state index is 10.7. The lowest BCUT2D eigenvalue weighted by molar-refractivity contribution is 0.0691. The molecule has 0 aromatic carbocycles. The number of hydrogen-bond donors (Lipinski definition) is 1. The molecule has 0 amide bonds. The molecule has 100 valence electrons. The number of likely N-dealkylation sites (tertiary alicyclic amines) is 1. The Morgan fingerprint density at radius 3 is 2.72 bits per heavy atom. The Bertz CT molecular complexity index is 409. The Kier molecular flexibility index (Phi) is 4.35. The van der Waals surface area contributed by atoms with Crippen LogP contribution in [0.3, 0.4) is 0 Å². The van der Waals surface area contributed by atoms with Gasteiger partial charge in [-0.3, -0.25) is 0 Å². The van der Waals surface area contributed by atoms with Crippen LogP contribution in [0.25, 0.3) is 0 Å². The van der Waals surface area contributed by atoms with E-state index < -0.39 is 5.97 Å². The van der Waals surface area contributed by atoms with E-state index in [9.17, 15) is 4.79 Å². The first-order valence-electron chi connectivity index (χ1n) is 6.44. The van der Waals surface area contributed by atoms with Gasteiger partial charge in [-0.25, -0.2) is 9.78 Å². The minimum Gasteiger partial charge on any atom is -0.476 e. The van der Waals surface area contributed by atoms with E-state index in [0.717, 1.165) is 42.9 Å². The van der Waals surface area contributed by atoms with E-state index in [1.54, 1.807) is 5.38 Å². The summed E-state index contributed by atoms with van der Waals surface area (Å²) in [6.45, 7) is 7.90. The summed E-state index contributed by atoms with van der Waals surface area (Å²) in [5.74, 6) is 0.594. The van der Waals surface area contributed by atoms with Crippen LogP contribution in [-0.2, 0) is 6.42 Å². The van der Waals surface area contributed by atoms with Crippen molar-refractivity contribution in [2.24, 2.45) is 11.8 Å². The molecule has 1 aliphatic heterocycles. The molecule has 0 radical (unpaired) electrons. The number of rotatable bonds is 4. The molecule has 2 unspecified atom stereocenters. The Labute approximate surface area is 112 Å². The van der Waals surface area contributed by atoms with Crippen molar-refractivity contribution in [2.75, 3.05) is 19.6 Å². The highest BCUT2D eigenvalue weighted by atomic mass is 32.1. The van der Waals surface area contributed by atoms with E-state index in [2.05, 4.69) is 23.7 Å². The molecular formula is C13H20N2O2S. The molecule has 0 spiro atoms. The Balaban J connectivity index is 1.85. The fourth-order valence-corrected chi connectivity index (χ4v) is 3.51. The highest BCUT2D eigenvalue weighted by Gasteiger charge is 2.21. The molecular weight excluding hydrogens is 248 g/mol. The quantitative estimate of drug-likeness (QED) is 0.911. The van der Waals surface area contributed by atoms with Gasteiger partial charge in [-0.1, -0.05) is 13.8 Å². The second-order valence-electron chi connectivity index (χ2n) is 5.39. The Hall–Kier alpha value is -0.940. The summed E-state index contributed by atoms with van der Waals surface area (Å²) in [7, 11) is 0. The van der Waals surface area contributed by atoms with Crippen molar-refractivity contribution in [3.8, 4) is 0 Å². The first kappa shape index (κ1) is 13.5. The molecule has 1 aliphatic rings. The van der Waals surface area contributed by atoms with Gasteiger partial charge in [0.15, 0.2) is 5.69 Å². The molecule has 1 aromatic rings. The first-order valence-corrected chi connectivity index (χ1v) is 7.32. The van der Waals surface area contributed by atoms with E-state index in [4.69, 9.17) is 5.11 Å². The van der Waals surface area contributed by atoms with Crippen LogP contribution in [0.2, 0.25) is 0 Å². The largest absolute Gasteiger partial charge is 0.476 e. The van der Waals surface area contributed by atoms with Crippen LogP contribution in [0.5, 0.6) is 0 Å². The molecule has 0 saturated carbocycles. The predicted octanol–water partition coefficient (Wildman–Crippen LogP) is 2.36. The van der Waals surface area contributed by atoms with Gasteiger partial charge in [0, 0.05) is 31.4 Å². The number of piperidine rings is 1. The zero-order valence-electron chi connectivity index (χ0n) is 10.9. The van der Waals surface area contributed by atoms with E-state index >= 15 is 0 Å². The van der Waals surface area contributed by atoms with Gasteiger partial charge in [-0.15, -0.1) is 11.3 Å². The van der Waals surface area contributed by atoms with Crippen molar-refractivity contribution in [3.63, 3.8) is 0 Å². The van der Waals surface area contributed by atoms with Crippen LogP contribution >= 0.6 is 11.3 Å². The highest BCUT2D eigenvalue weighted by Crippen LogP contribution is 2.21. The topological polar surface area (TPSA) is 53.4 Å². The molecule has 1 aromatic heterocycles. The van der Waals surface area contributed by atoms with Crippen molar-refractivity contribution in [2.45, 2.75) is 26.7 Å². The van der Waals surface area contributed by atoms with Gasteiger partial charge in [-0.2, -0.15) is 0 Å². The first-order chi connectivity index (χ1) is 8.54. The number of aromatic carboxylic acids is 1. The lowest BCUT2D eigenvalue weighted by Crippen LogP contribution is -2.39. The third kappa shape index (κ3) is 3.53. The smallest absolute Gasteiger partial charge is 0.355 e. The molecule has 5 heteroatoms. The van der Waals surface area contributed by atoms with Crippen LogP contribution in [0, 0.1) is 11.8 Å². The highest BCUT2D eigenvalue weighted by molar-refractivity contribution is 7.09. The monoisotopic (exact) mass is 268 g/mol. The summed E-state index contributed by atoms with van der Waals surface area (Å²) in [4.78, 5) is 17.3. The Morgan fingerprint density at radius 1 is 1.50 bits per heavy atom. The molecule has 2 atom stereocenters. The van der Waals surface area contributed by atoms with E-state index in [1.165, 1.54) is 17.8 Å². The molecule has 1 fully saturated rings. The fourth-order valence-electron chi connectivity index (χ4n) is 2.75. The fraction of sp³-hybridized carbons (Fsp3) is 0.692. The summed E-state index contributed by atoms with van der Waals surface area (Å²) in [6, 6.07) is 0.